The van der Waals surface area contributed by atoms with Gasteiger partial charge < -0.3 is 15.4 Å². The molecule has 0 aromatic carbocycles. The van der Waals surface area contributed by atoms with Crippen LogP contribution in [-0.2, 0) is 9.53 Å². The van der Waals surface area contributed by atoms with Gasteiger partial charge in [0.25, 0.3) is 0 Å². The van der Waals surface area contributed by atoms with Crippen molar-refractivity contribution >= 4 is 5.91 Å². The predicted molar refractivity (Wildman–Crippen MR) is 75.1 cm³/mol. The normalized spacial score (nSPS) is 26.1. The van der Waals surface area contributed by atoms with Gasteiger partial charge in [-0.15, -0.1) is 0 Å². The molecule has 1 atom stereocenters. The van der Waals surface area contributed by atoms with Crippen LogP contribution in [0.15, 0.2) is 0 Å². The minimum atomic E-state index is -0.434. The second-order valence-electron chi connectivity index (χ2n) is 5.99. The van der Waals surface area contributed by atoms with Crippen molar-refractivity contribution in [2.24, 2.45) is 0 Å². The van der Waals surface area contributed by atoms with E-state index in [1.54, 1.807) is 0 Å². The van der Waals surface area contributed by atoms with Gasteiger partial charge in [-0.3, -0.25) is 9.69 Å². The second-order valence-corrected chi connectivity index (χ2v) is 5.99. The fraction of sp³-hybridized carbons (Fsp3) is 0.929. The Labute approximate surface area is 116 Å². The van der Waals surface area contributed by atoms with Crippen LogP contribution in [0.1, 0.15) is 33.1 Å². The molecular formula is C14H27N3O2. The number of ether oxygens (including phenoxy) is 1. The van der Waals surface area contributed by atoms with E-state index >= 15 is 0 Å². The number of piperazine rings is 1. The molecular weight excluding hydrogens is 242 g/mol. The van der Waals surface area contributed by atoms with Crippen LogP contribution >= 0.6 is 0 Å². The van der Waals surface area contributed by atoms with Crippen molar-refractivity contribution < 1.29 is 9.53 Å². The molecule has 2 N–H and O–H groups in total. The molecule has 1 amide bonds. The lowest BCUT2D eigenvalue weighted by Crippen LogP contribution is -2.60. The van der Waals surface area contributed by atoms with E-state index < -0.39 is 5.54 Å². The molecule has 2 fully saturated rings. The number of carbonyl (C=O) groups is 1. The molecule has 2 heterocycles. The molecule has 2 saturated heterocycles. The Bertz CT molecular complexity index is 295. The number of rotatable bonds is 4. The van der Waals surface area contributed by atoms with E-state index in [-0.39, 0.29) is 12.0 Å². The highest BCUT2D eigenvalue weighted by molar-refractivity contribution is 5.85. The van der Waals surface area contributed by atoms with E-state index in [2.05, 4.69) is 15.5 Å². The van der Waals surface area contributed by atoms with Crippen LogP contribution in [0.3, 0.4) is 0 Å². The summed E-state index contributed by atoms with van der Waals surface area (Å²) < 4.78 is 5.65. The summed E-state index contributed by atoms with van der Waals surface area (Å²) >= 11 is 0. The molecule has 0 aliphatic carbocycles. The Balaban J connectivity index is 1.79. The fourth-order valence-corrected chi connectivity index (χ4v) is 2.76. The van der Waals surface area contributed by atoms with Crippen molar-refractivity contribution in [2.75, 3.05) is 39.3 Å². The van der Waals surface area contributed by atoms with Gasteiger partial charge in [-0.2, -0.15) is 0 Å². The molecule has 0 aromatic heterocycles. The van der Waals surface area contributed by atoms with Crippen molar-refractivity contribution in [3.05, 3.63) is 0 Å². The number of carbonyl (C=O) groups excluding carboxylic acids is 1. The van der Waals surface area contributed by atoms with Gasteiger partial charge in [0.05, 0.1) is 11.6 Å². The van der Waals surface area contributed by atoms with Gasteiger partial charge >= 0.3 is 0 Å². The van der Waals surface area contributed by atoms with E-state index in [1.807, 2.05) is 13.8 Å². The first-order valence-electron chi connectivity index (χ1n) is 7.46. The summed E-state index contributed by atoms with van der Waals surface area (Å²) in [6, 6.07) is 0. The molecule has 0 saturated carbocycles. The minimum Gasteiger partial charge on any atom is -0.376 e. The second kappa shape index (κ2) is 6.68. The quantitative estimate of drug-likeness (QED) is 0.773. The van der Waals surface area contributed by atoms with Crippen molar-refractivity contribution in [1.29, 1.82) is 0 Å². The monoisotopic (exact) mass is 269 g/mol. The van der Waals surface area contributed by atoms with Crippen molar-refractivity contribution in [3.63, 3.8) is 0 Å². The fourth-order valence-electron chi connectivity index (χ4n) is 2.76. The molecule has 2 aliphatic rings. The van der Waals surface area contributed by atoms with Gasteiger partial charge in [0.1, 0.15) is 0 Å². The Morgan fingerprint density at radius 2 is 2.11 bits per heavy atom. The summed E-state index contributed by atoms with van der Waals surface area (Å²) in [5, 5.41) is 6.38. The van der Waals surface area contributed by atoms with Gasteiger partial charge in [-0.25, -0.2) is 0 Å². The zero-order chi connectivity index (χ0) is 13.7. The number of nitrogens with one attached hydrogen (secondary N) is 2. The summed E-state index contributed by atoms with van der Waals surface area (Å²) in [7, 11) is 0. The van der Waals surface area contributed by atoms with Crippen LogP contribution < -0.4 is 10.6 Å². The smallest absolute Gasteiger partial charge is 0.240 e. The highest BCUT2D eigenvalue weighted by Crippen LogP contribution is 2.16. The molecule has 1 unspecified atom stereocenters. The predicted octanol–water partition coefficient (Wildman–Crippen LogP) is 0.356. The average molecular weight is 269 g/mol. The Kier molecular flexibility index (Phi) is 5.19. The maximum Gasteiger partial charge on any atom is 0.240 e. The van der Waals surface area contributed by atoms with Gasteiger partial charge in [-0.1, -0.05) is 0 Å². The third-order valence-electron chi connectivity index (χ3n) is 4.23. The standard InChI is InChI=1S/C14H27N3O2/c1-14(2,17-8-6-15-7-9-17)13(18)16-11-12-5-3-4-10-19-12/h12,15H,3-11H2,1-2H3,(H,16,18). The number of hydrogen-bond acceptors (Lipinski definition) is 4. The van der Waals surface area contributed by atoms with Crippen LogP contribution in [0.5, 0.6) is 0 Å². The van der Waals surface area contributed by atoms with Gasteiger partial charge in [0.2, 0.25) is 5.91 Å². The average Bonchev–Trinajstić information content (AvgIpc) is 2.46. The zero-order valence-corrected chi connectivity index (χ0v) is 12.2. The first-order chi connectivity index (χ1) is 9.10. The maximum absolute atomic E-state index is 12.4. The topological polar surface area (TPSA) is 53.6 Å². The van der Waals surface area contributed by atoms with Crippen LogP contribution in [0.25, 0.3) is 0 Å². The first kappa shape index (κ1) is 14.8. The van der Waals surface area contributed by atoms with Crippen LogP contribution in [0, 0.1) is 0 Å². The van der Waals surface area contributed by atoms with E-state index in [4.69, 9.17) is 4.74 Å². The molecule has 110 valence electrons. The minimum absolute atomic E-state index is 0.114. The van der Waals surface area contributed by atoms with Crippen molar-refractivity contribution in [1.82, 2.24) is 15.5 Å². The molecule has 0 spiro atoms. The van der Waals surface area contributed by atoms with Crippen LogP contribution in [0.2, 0.25) is 0 Å². The SMILES string of the molecule is CC(C)(C(=O)NCC1CCCCO1)N1CCNCC1. The molecule has 5 nitrogen and oxygen atoms in total. The molecule has 5 heteroatoms. The molecule has 2 aliphatic heterocycles. The largest absolute Gasteiger partial charge is 0.376 e. The van der Waals surface area contributed by atoms with Gasteiger partial charge in [-0.05, 0) is 33.1 Å². The molecule has 0 radical (unpaired) electrons. The third-order valence-corrected chi connectivity index (χ3v) is 4.23. The van der Waals surface area contributed by atoms with Crippen molar-refractivity contribution in [2.45, 2.75) is 44.8 Å². The lowest BCUT2D eigenvalue weighted by molar-refractivity contribution is -0.133. The van der Waals surface area contributed by atoms with Crippen molar-refractivity contribution in [3.8, 4) is 0 Å². The van der Waals surface area contributed by atoms with E-state index in [0.29, 0.717) is 6.54 Å². The first-order valence-corrected chi connectivity index (χ1v) is 7.46. The summed E-state index contributed by atoms with van der Waals surface area (Å²) in [5.41, 5.74) is -0.434. The molecule has 0 aromatic rings. The maximum atomic E-state index is 12.4. The van der Waals surface area contributed by atoms with Crippen LogP contribution in [-0.4, -0.2) is 61.8 Å². The lowest BCUT2D eigenvalue weighted by atomic mass is 10.00. The molecule has 2 rings (SSSR count). The number of amides is 1. The van der Waals surface area contributed by atoms with E-state index in [1.165, 1.54) is 6.42 Å². The highest BCUT2D eigenvalue weighted by Gasteiger charge is 2.35. The summed E-state index contributed by atoms with van der Waals surface area (Å²) in [4.78, 5) is 14.6. The van der Waals surface area contributed by atoms with E-state index in [0.717, 1.165) is 45.6 Å². The number of hydrogen-bond donors (Lipinski definition) is 2. The summed E-state index contributed by atoms with van der Waals surface area (Å²) in [6.07, 6.45) is 3.63. The Morgan fingerprint density at radius 3 is 2.74 bits per heavy atom. The summed E-state index contributed by atoms with van der Waals surface area (Å²) in [5.74, 6) is 0.114. The number of nitrogens with zero attached hydrogens (tertiary/aromatic N) is 1. The van der Waals surface area contributed by atoms with Crippen LogP contribution in [0.4, 0.5) is 0 Å². The zero-order valence-electron chi connectivity index (χ0n) is 12.2. The van der Waals surface area contributed by atoms with Gasteiger partial charge in [0.15, 0.2) is 0 Å². The summed E-state index contributed by atoms with van der Waals surface area (Å²) in [6.45, 7) is 9.28. The molecule has 19 heavy (non-hydrogen) atoms. The van der Waals surface area contributed by atoms with E-state index in [9.17, 15) is 4.79 Å². The third kappa shape index (κ3) is 3.91. The Hall–Kier alpha value is -0.650. The van der Waals surface area contributed by atoms with Gasteiger partial charge in [0, 0.05) is 39.3 Å². The Morgan fingerprint density at radius 1 is 1.37 bits per heavy atom. The highest BCUT2D eigenvalue weighted by atomic mass is 16.5. The molecule has 0 bridgehead atoms. The lowest BCUT2D eigenvalue weighted by Gasteiger charge is -2.40.